The van der Waals surface area contributed by atoms with Gasteiger partial charge in [0.15, 0.2) is 0 Å². The first kappa shape index (κ1) is 11.8. The summed E-state index contributed by atoms with van der Waals surface area (Å²) >= 11 is 0. The van der Waals surface area contributed by atoms with Crippen LogP contribution in [0.25, 0.3) is 0 Å². The van der Waals surface area contributed by atoms with Crippen LogP contribution in [-0.2, 0) is 0 Å². The minimum absolute atomic E-state index is 0.867. The lowest BCUT2D eigenvalue weighted by molar-refractivity contribution is 0.186. The van der Waals surface area contributed by atoms with E-state index in [4.69, 9.17) is 0 Å². The lowest BCUT2D eigenvalue weighted by atomic mass is 9.70. The van der Waals surface area contributed by atoms with Crippen LogP contribution in [0.15, 0.2) is 60.3 Å². The first-order chi connectivity index (χ1) is 8.95. The fourth-order valence-corrected chi connectivity index (χ4v) is 3.68. The minimum atomic E-state index is 0.867. The average molecular weight is 238 g/mol. The molecule has 0 aromatic heterocycles. The highest BCUT2D eigenvalue weighted by Gasteiger charge is 2.42. The van der Waals surface area contributed by atoms with Crippen molar-refractivity contribution in [2.45, 2.75) is 32.1 Å². The minimum Gasteiger partial charge on any atom is -0.0804 e. The molecule has 0 aromatic rings. The van der Waals surface area contributed by atoms with E-state index in [-0.39, 0.29) is 0 Å². The number of allylic oxidation sites excluding steroid dienone is 10. The predicted molar refractivity (Wildman–Crippen MR) is 78.2 cm³/mol. The summed E-state index contributed by atoms with van der Waals surface area (Å²) in [7, 11) is 0. The van der Waals surface area contributed by atoms with Gasteiger partial charge in [-0.25, -0.2) is 0 Å². The Morgan fingerprint density at radius 1 is 0.722 bits per heavy atom. The zero-order valence-corrected chi connectivity index (χ0v) is 11.0. The highest BCUT2D eigenvalue weighted by Crippen LogP contribution is 2.53. The Morgan fingerprint density at radius 2 is 1.44 bits per heavy atom. The van der Waals surface area contributed by atoms with Crippen LogP contribution >= 0.6 is 0 Å². The van der Waals surface area contributed by atoms with E-state index in [1.165, 1.54) is 25.7 Å². The highest BCUT2D eigenvalue weighted by molar-refractivity contribution is 5.26. The van der Waals surface area contributed by atoms with Crippen LogP contribution in [0.2, 0.25) is 0 Å². The number of fused-ring (bicyclic) bond motifs is 1. The van der Waals surface area contributed by atoms with Crippen molar-refractivity contribution in [2.75, 3.05) is 0 Å². The highest BCUT2D eigenvalue weighted by atomic mass is 14.5. The molecular formula is C18H22. The molecule has 3 atom stereocenters. The quantitative estimate of drug-likeness (QED) is 0.604. The van der Waals surface area contributed by atoms with Gasteiger partial charge in [-0.2, -0.15) is 0 Å². The number of hydrogen-bond acceptors (Lipinski definition) is 0. The summed E-state index contributed by atoms with van der Waals surface area (Å²) in [5, 5.41) is 0. The van der Waals surface area contributed by atoms with Crippen molar-refractivity contribution in [2.24, 2.45) is 17.8 Å². The molecule has 3 aliphatic rings. The SMILES string of the molecule is C1=C\C=C/C=C(/C2CCC3CCC32)C/C=C\C=C/1. The van der Waals surface area contributed by atoms with Gasteiger partial charge in [-0.1, -0.05) is 60.3 Å². The van der Waals surface area contributed by atoms with Gasteiger partial charge in [-0.15, -0.1) is 0 Å². The first-order valence-electron chi connectivity index (χ1n) is 7.31. The van der Waals surface area contributed by atoms with E-state index in [9.17, 15) is 0 Å². The Labute approximate surface area is 110 Å². The monoisotopic (exact) mass is 238 g/mol. The lowest BCUT2D eigenvalue weighted by Crippen LogP contribution is -2.25. The van der Waals surface area contributed by atoms with Crippen molar-refractivity contribution >= 4 is 0 Å². The molecule has 3 rings (SSSR count). The van der Waals surface area contributed by atoms with Gasteiger partial charge in [0.25, 0.3) is 0 Å². The molecule has 0 nitrogen and oxygen atoms in total. The maximum Gasteiger partial charge on any atom is -0.0130 e. The molecule has 0 amide bonds. The van der Waals surface area contributed by atoms with Crippen LogP contribution in [0.1, 0.15) is 32.1 Å². The van der Waals surface area contributed by atoms with Crippen molar-refractivity contribution in [3.63, 3.8) is 0 Å². The van der Waals surface area contributed by atoms with Crippen molar-refractivity contribution in [3.05, 3.63) is 60.3 Å². The Morgan fingerprint density at radius 3 is 2.17 bits per heavy atom. The van der Waals surface area contributed by atoms with Crippen molar-refractivity contribution in [1.29, 1.82) is 0 Å². The van der Waals surface area contributed by atoms with E-state index in [2.05, 4.69) is 54.7 Å². The van der Waals surface area contributed by atoms with Crippen LogP contribution in [-0.4, -0.2) is 0 Å². The molecule has 0 saturated heterocycles. The lowest BCUT2D eigenvalue weighted by Gasteiger charge is -2.35. The molecule has 94 valence electrons. The fourth-order valence-electron chi connectivity index (χ4n) is 3.68. The fraction of sp³-hybridized carbons (Fsp3) is 0.444. The van der Waals surface area contributed by atoms with E-state index in [0.29, 0.717) is 0 Å². The predicted octanol–water partition coefficient (Wildman–Crippen LogP) is 4.98. The average Bonchev–Trinajstić information content (AvgIpc) is 2.62. The Bertz CT molecular complexity index is 431. The Hall–Kier alpha value is -1.30. The maximum atomic E-state index is 2.37. The molecule has 0 spiro atoms. The van der Waals surface area contributed by atoms with Crippen LogP contribution in [0.5, 0.6) is 0 Å². The van der Waals surface area contributed by atoms with E-state index < -0.39 is 0 Å². The summed E-state index contributed by atoms with van der Waals surface area (Å²) < 4.78 is 0. The van der Waals surface area contributed by atoms with Crippen molar-refractivity contribution < 1.29 is 0 Å². The van der Waals surface area contributed by atoms with Crippen molar-refractivity contribution in [1.82, 2.24) is 0 Å². The van der Waals surface area contributed by atoms with Gasteiger partial charge in [0.1, 0.15) is 0 Å². The smallest absolute Gasteiger partial charge is 0.0130 e. The summed E-state index contributed by atoms with van der Waals surface area (Å²) in [5.74, 6) is 2.93. The molecule has 2 fully saturated rings. The summed E-state index contributed by atoms with van der Waals surface area (Å²) in [6, 6.07) is 0. The van der Waals surface area contributed by atoms with E-state index in [0.717, 1.165) is 24.2 Å². The third-order valence-corrected chi connectivity index (χ3v) is 4.78. The van der Waals surface area contributed by atoms with Crippen molar-refractivity contribution in [3.8, 4) is 0 Å². The molecule has 2 saturated carbocycles. The van der Waals surface area contributed by atoms with Gasteiger partial charge >= 0.3 is 0 Å². The van der Waals surface area contributed by atoms with Gasteiger partial charge in [0.05, 0.1) is 0 Å². The molecule has 0 heteroatoms. The van der Waals surface area contributed by atoms with Crippen LogP contribution in [0, 0.1) is 17.8 Å². The third-order valence-electron chi connectivity index (χ3n) is 4.78. The zero-order chi connectivity index (χ0) is 12.2. The van der Waals surface area contributed by atoms with Gasteiger partial charge in [0, 0.05) is 0 Å². The molecule has 0 radical (unpaired) electrons. The summed E-state index contributed by atoms with van der Waals surface area (Å²) in [4.78, 5) is 0. The topological polar surface area (TPSA) is 0 Å². The largest absolute Gasteiger partial charge is 0.0804 e. The van der Waals surface area contributed by atoms with E-state index in [1.807, 2.05) is 0 Å². The molecule has 18 heavy (non-hydrogen) atoms. The van der Waals surface area contributed by atoms with Crippen LogP contribution in [0.3, 0.4) is 0 Å². The molecular weight excluding hydrogens is 216 g/mol. The van der Waals surface area contributed by atoms with Gasteiger partial charge in [-0.3, -0.25) is 0 Å². The summed E-state index contributed by atoms with van der Waals surface area (Å²) in [5.41, 5.74) is 1.65. The second-order valence-electron chi connectivity index (χ2n) is 5.71. The van der Waals surface area contributed by atoms with E-state index >= 15 is 0 Å². The molecule has 0 bridgehead atoms. The summed E-state index contributed by atoms with van der Waals surface area (Å²) in [6.45, 7) is 0. The number of hydrogen-bond donors (Lipinski definition) is 0. The van der Waals surface area contributed by atoms with Crippen LogP contribution < -0.4 is 0 Å². The standard InChI is InChI=1S/C18H22/c1-2-4-6-8-10-15(9-7-5-3-1)17-13-11-16-12-14-18(16)17/h1-9,16-18H,10-14H2/b3-1-,4-2-,7-5-,8-6-,15-9+. The molecule has 3 unspecified atom stereocenters. The Balaban J connectivity index is 1.77. The first-order valence-corrected chi connectivity index (χ1v) is 7.31. The summed E-state index contributed by atoms with van der Waals surface area (Å²) in [6.07, 6.45) is 26.6. The zero-order valence-electron chi connectivity index (χ0n) is 11.0. The molecule has 0 N–H and O–H groups in total. The second kappa shape index (κ2) is 5.56. The molecule has 0 aliphatic heterocycles. The Kier molecular flexibility index (Phi) is 3.64. The normalized spacial score (nSPS) is 44.7. The van der Waals surface area contributed by atoms with Crippen LogP contribution in [0.4, 0.5) is 0 Å². The molecule has 0 aromatic carbocycles. The van der Waals surface area contributed by atoms with Gasteiger partial charge in [0.2, 0.25) is 0 Å². The molecule has 0 heterocycles. The maximum absolute atomic E-state index is 2.37. The molecule has 3 aliphatic carbocycles. The van der Waals surface area contributed by atoms with Gasteiger partial charge < -0.3 is 0 Å². The number of rotatable bonds is 1. The van der Waals surface area contributed by atoms with Gasteiger partial charge in [-0.05, 0) is 49.9 Å². The van der Waals surface area contributed by atoms with E-state index in [1.54, 1.807) is 5.57 Å². The third kappa shape index (κ3) is 2.43. The second-order valence-corrected chi connectivity index (χ2v) is 5.71.